The van der Waals surface area contributed by atoms with Gasteiger partial charge in [-0.25, -0.2) is 0 Å². The second kappa shape index (κ2) is 8.81. The molecule has 0 spiro atoms. The monoisotopic (exact) mass is 382 g/mol. The third-order valence-corrected chi connectivity index (χ3v) is 5.42. The molecule has 0 radical (unpaired) electrons. The van der Waals surface area contributed by atoms with Gasteiger partial charge in [-0.3, -0.25) is 4.79 Å². The molecule has 0 bridgehead atoms. The highest BCUT2D eigenvalue weighted by molar-refractivity contribution is 7.99. The lowest BCUT2D eigenvalue weighted by atomic mass is 9.97. The number of thioether (sulfide) groups is 1. The second-order valence-corrected chi connectivity index (χ2v) is 7.16. The third-order valence-electron chi connectivity index (χ3n) is 4.50. The summed E-state index contributed by atoms with van der Waals surface area (Å²) >= 11 is 1.32. The molecule has 1 atom stereocenters. The van der Waals surface area contributed by atoms with E-state index in [1.165, 1.54) is 17.3 Å². The Bertz CT molecular complexity index is 891. The summed E-state index contributed by atoms with van der Waals surface area (Å²) in [7, 11) is 1.62. The van der Waals surface area contributed by atoms with Crippen LogP contribution in [0, 0.1) is 0 Å². The highest BCUT2D eigenvalue weighted by Gasteiger charge is 2.13. The van der Waals surface area contributed by atoms with Crippen LogP contribution < -0.4 is 4.74 Å². The number of hydrogen-bond donors (Lipinski definition) is 0. The summed E-state index contributed by atoms with van der Waals surface area (Å²) in [4.78, 5) is 12.5. The van der Waals surface area contributed by atoms with Gasteiger partial charge in [-0.2, -0.15) is 4.68 Å². The standard InChI is InChI=1S/C20H22N4O2S/c1-4-14(2)15-5-7-16(8-6-15)19(25)13-27-20-21-22-23-24(20)17-9-11-18(26-3)12-10-17/h5-12,14H,4,13H2,1-3H3/t14-/m0/s1. The van der Waals surface area contributed by atoms with Crippen LogP contribution >= 0.6 is 11.8 Å². The summed E-state index contributed by atoms with van der Waals surface area (Å²) in [6.45, 7) is 4.35. The van der Waals surface area contributed by atoms with Crippen molar-refractivity contribution < 1.29 is 9.53 Å². The molecule has 0 saturated heterocycles. The van der Waals surface area contributed by atoms with Crippen LogP contribution in [0.25, 0.3) is 5.69 Å². The van der Waals surface area contributed by atoms with Gasteiger partial charge in [-0.05, 0) is 52.6 Å². The van der Waals surface area contributed by atoms with Gasteiger partial charge in [0.1, 0.15) is 5.75 Å². The smallest absolute Gasteiger partial charge is 0.214 e. The maximum absolute atomic E-state index is 12.5. The maximum Gasteiger partial charge on any atom is 0.214 e. The van der Waals surface area contributed by atoms with Gasteiger partial charge in [-0.1, -0.05) is 49.9 Å². The van der Waals surface area contributed by atoms with Crippen LogP contribution in [0.5, 0.6) is 5.75 Å². The summed E-state index contributed by atoms with van der Waals surface area (Å²) in [5.74, 6) is 1.59. The van der Waals surface area contributed by atoms with Gasteiger partial charge in [0.15, 0.2) is 5.78 Å². The molecule has 2 aromatic carbocycles. The Hall–Kier alpha value is -2.67. The van der Waals surface area contributed by atoms with E-state index in [1.807, 2.05) is 48.5 Å². The van der Waals surface area contributed by atoms with Crippen molar-refractivity contribution in [3.05, 3.63) is 59.7 Å². The number of ketones is 1. The van der Waals surface area contributed by atoms with Crippen molar-refractivity contribution in [2.24, 2.45) is 0 Å². The fourth-order valence-corrected chi connectivity index (χ4v) is 3.39. The van der Waals surface area contributed by atoms with Gasteiger partial charge in [0, 0.05) is 5.56 Å². The van der Waals surface area contributed by atoms with Gasteiger partial charge in [-0.15, -0.1) is 5.10 Å². The Labute approximate surface area is 162 Å². The number of carbonyl (C=O) groups is 1. The van der Waals surface area contributed by atoms with Gasteiger partial charge in [0.05, 0.1) is 18.6 Å². The normalized spacial score (nSPS) is 12.0. The zero-order chi connectivity index (χ0) is 19.2. The van der Waals surface area contributed by atoms with Crippen molar-refractivity contribution in [2.75, 3.05) is 12.9 Å². The zero-order valence-electron chi connectivity index (χ0n) is 15.6. The van der Waals surface area contributed by atoms with E-state index in [0.29, 0.717) is 16.6 Å². The molecular weight excluding hydrogens is 360 g/mol. The quantitative estimate of drug-likeness (QED) is 0.430. The van der Waals surface area contributed by atoms with E-state index in [1.54, 1.807) is 11.8 Å². The summed E-state index contributed by atoms with van der Waals surface area (Å²) in [5, 5.41) is 12.4. The molecule has 140 valence electrons. The van der Waals surface area contributed by atoms with Gasteiger partial charge >= 0.3 is 0 Å². The van der Waals surface area contributed by atoms with Crippen LogP contribution in [-0.4, -0.2) is 38.9 Å². The topological polar surface area (TPSA) is 69.9 Å². The van der Waals surface area contributed by atoms with Gasteiger partial charge in [0.25, 0.3) is 0 Å². The number of benzene rings is 2. The highest BCUT2D eigenvalue weighted by atomic mass is 32.2. The third kappa shape index (κ3) is 4.54. The lowest BCUT2D eigenvalue weighted by Crippen LogP contribution is -2.05. The number of tetrazole rings is 1. The lowest BCUT2D eigenvalue weighted by molar-refractivity contribution is 0.102. The number of Topliss-reactive ketones (excluding diaryl/α,β-unsaturated/α-hetero) is 1. The molecule has 0 amide bonds. The first kappa shape index (κ1) is 19.1. The number of ether oxygens (including phenoxy) is 1. The van der Waals surface area contributed by atoms with Crippen LogP contribution in [-0.2, 0) is 0 Å². The van der Waals surface area contributed by atoms with E-state index >= 15 is 0 Å². The minimum absolute atomic E-state index is 0.0555. The molecule has 3 aromatic rings. The molecule has 1 heterocycles. The van der Waals surface area contributed by atoms with E-state index in [2.05, 4.69) is 29.4 Å². The molecule has 0 aliphatic rings. The molecule has 7 heteroatoms. The molecule has 27 heavy (non-hydrogen) atoms. The minimum Gasteiger partial charge on any atom is -0.497 e. The van der Waals surface area contributed by atoms with Crippen LogP contribution in [0.1, 0.15) is 42.1 Å². The van der Waals surface area contributed by atoms with Crippen molar-refractivity contribution in [3.63, 3.8) is 0 Å². The fourth-order valence-electron chi connectivity index (χ4n) is 2.60. The van der Waals surface area contributed by atoms with Gasteiger partial charge < -0.3 is 4.74 Å². The van der Waals surface area contributed by atoms with Crippen LogP contribution in [0.4, 0.5) is 0 Å². The number of nitrogens with zero attached hydrogens (tertiary/aromatic N) is 4. The summed E-state index contributed by atoms with van der Waals surface area (Å²) in [6, 6.07) is 15.3. The SMILES string of the molecule is CC[C@H](C)c1ccc(C(=O)CSc2nnnn2-c2ccc(OC)cc2)cc1. The first-order valence-corrected chi connectivity index (χ1v) is 9.79. The van der Waals surface area contributed by atoms with Crippen LogP contribution in [0.3, 0.4) is 0 Å². The Balaban J connectivity index is 1.66. The number of carbonyl (C=O) groups excluding carboxylic acids is 1. The predicted molar refractivity (Wildman–Crippen MR) is 106 cm³/mol. The molecule has 6 nitrogen and oxygen atoms in total. The molecule has 0 aliphatic carbocycles. The van der Waals surface area contributed by atoms with E-state index in [9.17, 15) is 4.79 Å². The second-order valence-electron chi connectivity index (χ2n) is 6.21. The first-order valence-electron chi connectivity index (χ1n) is 8.81. The van der Waals surface area contributed by atoms with Crippen molar-refractivity contribution in [1.82, 2.24) is 20.2 Å². The number of rotatable bonds is 8. The highest BCUT2D eigenvalue weighted by Crippen LogP contribution is 2.22. The number of aromatic nitrogens is 4. The van der Waals surface area contributed by atoms with Crippen molar-refractivity contribution in [1.29, 1.82) is 0 Å². The Morgan fingerprint density at radius 2 is 1.85 bits per heavy atom. The van der Waals surface area contributed by atoms with E-state index in [0.717, 1.165) is 17.9 Å². The summed E-state index contributed by atoms with van der Waals surface area (Å²) < 4.78 is 6.78. The zero-order valence-corrected chi connectivity index (χ0v) is 16.4. The molecule has 0 saturated carbocycles. The summed E-state index contributed by atoms with van der Waals surface area (Å²) in [5.41, 5.74) is 2.77. The van der Waals surface area contributed by atoms with Crippen LogP contribution in [0.2, 0.25) is 0 Å². The molecule has 0 aliphatic heterocycles. The molecule has 0 fully saturated rings. The minimum atomic E-state index is 0.0555. The summed E-state index contributed by atoms with van der Waals surface area (Å²) in [6.07, 6.45) is 1.08. The molecule has 3 rings (SSSR count). The molecule has 0 N–H and O–H groups in total. The van der Waals surface area contributed by atoms with E-state index in [4.69, 9.17) is 4.74 Å². The van der Waals surface area contributed by atoms with Crippen molar-refractivity contribution in [2.45, 2.75) is 31.3 Å². The first-order chi connectivity index (χ1) is 13.1. The Kier molecular flexibility index (Phi) is 6.24. The van der Waals surface area contributed by atoms with E-state index < -0.39 is 0 Å². The Morgan fingerprint density at radius 3 is 2.48 bits per heavy atom. The molecule has 0 unspecified atom stereocenters. The molecular formula is C20H22N4O2S. The molecule has 1 aromatic heterocycles. The predicted octanol–water partition coefficient (Wildman–Crippen LogP) is 4.16. The van der Waals surface area contributed by atoms with Crippen LogP contribution in [0.15, 0.2) is 53.7 Å². The van der Waals surface area contributed by atoms with E-state index in [-0.39, 0.29) is 11.5 Å². The number of methoxy groups -OCH3 is 1. The van der Waals surface area contributed by atoms with Gasteiger partial charge in [0.2, 0.25) is 5.16 Å². The number of hydrogen-bond acceptors (Lipinski definition) is 6. The average molecular weight is 382 g/mol. The van der Waals surface area contributed by atoms with Crippen molar-refractivity contribution >= 4 is 17.5 Å². The Morgan fingerprint density at radius 1 is 1.15 bits per heavy atom. The largest absolute Gasteiger partial charge is 0.497 e. The lowest BCUT2D eigenvalue weighted by Gasteiger charge is -2.09. The maximum atomic E-state index is 12.5. The average Bonchev–Trinajstić information content (AvgIpc) is 3.20. The fraction of sp³-hybridized carbons (Fsp3) is 0.300. The van der Waals surface area contributed by atoms with Crippen molar-refractivity contribution in [3.8, 4) is 11.4 Å².